The van der Waals surface area contributed by atoms with Crippen molar-refractivity contribution in [2.45, 2.75) is 38.8 Å². The molecule has 2 amide bonds. The zero-order valence-electron chi connectivity index (χ0n) is 15.0. The topological polar surface area (TPSA) is 149 Å². The van der Waals surface area contributed by atoms with Crippen LogP contribution in [0.25, 0.3) is 0 Å². The minimum atomic E-state index is -0.827. The second-order valence-electron chi connectivity index (χ2n) is 5.96. The zero-order chi connectivity index (χ0) is 19.0. The number of carbonyl (C=O) groups excluding carboxylic acids is 2. The van der Waals surface area contributed by atoms with Gasteiger partial charge in [-0.1, -0.05) is 38.5 Å². The van der Waals surface area contributed by atoms with Gasteiger partial charge in [-0.25, -0.2) is 4.99 Å². The molecule has 1 rings (SSSR count). The van der Waals surface area contributed by atoms with Crippen LogP contribution in [0.5, 0.6) is 0 Å². The Morgan fingerprint density at radius 2 is 1.84 bits per heavy atom. The molecule has 8 N–H and O–H groups in total. The number of rotatable bonds is 8. The molecule has 8 nitrogen and oxygen atoms in total. The molecule has 1 aromatic rings. The van der Waals surface area contributed by atoms with E-state index in [1.54, 1.807) is 18.2 Å². The molecule has 1 aromatic carbocycles. The molecule has 0 aromatic heterocycles. The summed E-state index contributed by atoms with van der Waals surface area (Å²) < 4.78 is 0. The maximum Gasteiger partial charge on any atom is 0.242 e. The Hall–Kier alpha value is -2.61. The fourth-order valence-electron chi connectivity index (χ4n) is 2.38. The molecule has 138 valence electrons. The van der Waals surface area contributed by atoms with Gasteiger partial charge in [-0.2, -0.15) is 0 Å². The Bertz CT molecular complexity index is 627. The van der Waals surface area contributed by atoms with E-state index >= 15 is 0 Å². The second kappa shape index (κ2) is 9.63. The number of guanidine groups is 1. The van der Waals surface area contributed by atoms with Gasteiger partial charge < -0.3 is 27.8 Å². The van der Waals surface area contributed by atoms with Crippen LogP contribution in [-0.2, 0) is 16.0 Å². The molecule has 0 fully saturated rings. The smallest absolute Gasteiger partial charge is 0.242 e. The molecular weight excluding hydrogens is 320 g/mol. The molecule has 0 unspecified atom stereocenters. The van der Waals surface area contributed by atoms with Crippen molar-refractivity contribution in [1.82, 2.24) is 10.6 Å². The summed E-state index contributed by atoms with van der Waals surface area (Å²) in [4.78, 5) is 28.5. The number of nitrogens with zero attached hydrogens (tertiary/aromatic N) is 1. The van der Waals surface area contributed by atoms with Crippen LogP contribution in [0, 0.1) is 5.92 Å². The summed E-state index contributed by atoms with van der Waals surface area (Å²) in [6, 6.07) is 5.71. The number of hydrogen-bond acceptors (Lipinski definition) is 4. The SMILES string of the molecule is CC[C@H](C)[C@H](NC(=O)[C@@H](N)Cc1ccccc1N=C(N)N)C(=O)NC. The standard InChI is InChI=1S/C17H28N6O2/c1-4-10(2)14(16(25)21-3)23-15(24)12(18)9-11-7-5-6-8-13(11)22-17(19)20/h5-8,10,12,14H,4,9,18H2,1-3H3,(H,21,25)(H,23,24)(H4,19,20,22)/t10-,12-,14-/m0/s1. The molecule has 0 saturated carbocycles. The molecule has 0 spiro atoms. The number of para-hydroxylation sites is 1. The van der Waals surface area contributed by atoms with E-state index in [-0.39, 0.29) is 24.2 Å². The van der Waals surface area contributed by atoms with Crippen LogP contribution in [0.2, 0.25) is 0 Å². The van der Waals surface area contributed by atoms with Crippen molar-refractivity contribution in [2.75, 3.05) is 7.05 Å². The fourth-order valence-corrected chi connectivity index (χ4v) is 2.38. The molecule has 0 aliphatic rings. The molecule has 0 aliphatic carbocycles. The van der Waals surface area contributed by atoms with Crippen molar-refractivity contribution in [3.63, 3.8) is 0 Å². The van der Waals surface area contributed by atoms with Crippen molar-refractivity contribution in [3.8, 4) is 0 Å². The summed E-state index contributed by atoms with van der Waals surface area (Å²) in [7, 11) is 1.54. The zero-order valence-corrected chi connectivity index (χ0v) is 15.0. The normalized spacial score (nSPS) is 14.1. The van der Waals surface area contributed by atoms with E-state index < -0.39 is 18.0 Å². The average molecular weight is 348 g/mol. The number of aliphatic imine (C=N–C) groups is 1. The molecule has 0 bridgehead atoms. The number of hydrogen-bond donors (Lipinski definition) is 5. The number of carbonyl (C=O) groups is 2. The van der Waals surface area contributed by atoms with Gasteiger partial charge in [-0.05, 0) is 24.0 Å². The maximum absolute atomic E-state index is 12.4. The Labute approximate surface area is 148 Å². The summed E-state index contributed by atoms with van der Waals surface area (Å²) in [6.45, 7) is 3.86. The number of nitrogens with two attached hydrogens (primary N) is 3. The first kappa shape index (κ1) is 20.4. The summed E-state index contributed by atoms with van der Waals surface area (Å²) in [5, 5.41) is 5.30. The van der Waals surface area contributed by atoms with Gasteiger partial charge in [-0.3, -0.25) is 9.59 Å². The Balaban J connectivity index is 2.86. The minimum absolute atomic E-state index is 0.00924. The number of benzene rings is 1. The molecule has 0 saturated heterocycles. The summed E-state index contributed by atoms with van der Waals surface area (Å²) in [6.07, 6.45) is 1.00. The van der Waals surface area contributed by atoms with E-state index in [1.807, 2.05) is 19.9 Å². The van der Waals surface area contributed by atoms with E-state index in [0.29, 0.717) is 5.69 Å². The quantitative estimate of drug-likeness (QED) is 0.324. The van der Waals surface area contributed by atoms with Gasteiger partial charge in [0.2, 0.25) is 11.8 Å². The third-order valence-corrected chi connectivity index (χ3v) is 4.06. The highest BCUT2D eigenvalue weighted by Gasteiger charge is 2.27. The monoisotopic (exact) mass is 348 g/mol. The van der Waals surface area contributed by atoms with E-state index in [4.69, 9.17) is 17.2 Å². The van der Waals surface area contributed by atoms with Crippen molar-refractivity contribution in [3.05, 3.63) is 29.8 Å². The number of likely N-dealkylation sites (N-methyl/N-ethyl adjacent to an activating group) is 1. The lowest BCUT2D eigenvalue weighted by Gasteiger charge is -2.24. The third-order valence-electron chi connectivity index (χ3n) is 4.06. The molecule has 0 radical (unpaired) electrons. The van der Waals surface area contributed by atoms with Gasteiger partial charge in [-0.15, -0.1) is 0 Å². The summed E-state index contributed by atoms with van der Waals surface area (Å²) in [5.41, 5.74) is 18.2. The highest BCUT2D eigenvalue weighted by molar-refractivity contribution is 5.90. The van der Waals surface area contributed by atoms with E-state index in [0.717, 1.165) is 12.0 Å². The van der Waals surface area contributed by atoms with Crippen molar-refractivity contribution in [1.29, 1.82) is 0 Å². The first-order valence-corrected chi connectivity index (χ1v) is 8.25. The number of amides is 2. The highest BCUT2D eigenvalue weighted by atomic mass is 16.2. The molecule has 0 heterocycles. The number of nitrogens with one attached hydrogen (secondary N) is 2. The lowest BCUT2D eigenvalue weighted by Crippen LogP contribution is -2.54. The Kier molecular flexibility index (Phi) is 7.87. The maximum atomic E-state index is 12.4. The summed E-state index contributed by atoms with van der Waals surface area (Å²) >= 11 is 0. The van der Waals surface area contributed by atoms with Crippen LogP contribution in [0.15, 0.2) is 29.3 Å². The lowest BCUT2D eigenvalue weighted by atomic mass is 9.97. The van der Waals surface area contributed by atoms with Gasteiger partial charge in [0.05, 0.1) is 11.7 Å². The molecule has 0 aliphatic heterocycles. The first-order chi connectivity index (χ1) is 11.8. The van der Waals surface area contributed by atoms with Crippen molar-refractivity contribution < 1.29 is 9.59 Å². The third kappa shape index (κ3) is 6.07. The van der Waals surface area contributed by atoms with Crippen LogP contribution in [-0.4, -0.2) is 36.9 Å². The largest absolute Gasteiger partial charge is 0.370 e. The highest BCUT2D eigenvalue weighted by Crippen LogP contribution is 2.20. The predicted octanol–water partition coefficient (Wildman–Crippen LogP) is -0.262. The van der Waals surface area contributed by atoms with E-state index in [2.05, 4.69) is 15.6 Å². The van der Waals surface area contributed by atoms with E-state index in [1.165, 1.54) is 7.05 Å². The average Bonchev–Trinajstić information content (AvgIpc) is 2.59. The van der Waals surface area contributed by atoms with Crippen molar-refractivity contribution >= 4 is 23.5 Å². The Morgan fingerprint density at radius 3 is 2.40 bits per heavy atom. The van der Waals surface area contributed by atoms with Gasteiger partial charge in [0.15, 0.2) is 5.96 Å². The van der Waals surface area contributed by atoms with Crippen LogP contribution in [0.3, 0.4) is 0 Å². The molecule has 25 heavy (non-hydrogen) atoms. The molecule has 8 heteroatoms. The van der Waals surface area contributed by atoms with Crippen LogP contribution in [0.4, 0.5) is 5.69 Å². The predicted molar refractivity (Wildman–Crippen MR) is 99.0 cm³/mol. The van der Waals surface area contributed by atoms with Gasteiger partial charge in [0.1, 0.15) is 6.04 Å². The fraction of sp³-hybridized carbons (Fsp3) is 0.471. The van der Waals surface area contributed by atoms with Crippen LogP contribution >= 0.6 is 0 Å². The van der Waals surface area contributed by atoms with E-state index in [9.17, 15) is 9.59 Å². The van der Waals surface area contributed by atoms with Crippen molar-refractivity contribution in [2.24, 2.45) is 28.1 Å². The molecule has 3 atom stereocenters. The summed E-state index contributed by atoms with van der Waals surface area (Å²) in [5.74, 6) is -0.712. The minimum Gasteiger partial charge on any atom is -0.370 e. The van der Waals surface area contributed by atoms with Gasteiger partial charge in [0.25, 0.3) is 0 Å². The first-order valence-electron chi connectivity index (χ1n) is 8.25. The molecular formula is C17H28N6O2. The Morgan fingerprint density at radius 1 is 1.20 bits per heavy atom. The van der Waals surface area contributed by atoms with Crippen LogP contribution in [0.1, 0.15) is 25.8 Å². The van der Waals surface area contributed by atoms with Gasteiger partial charge >= 0.3 is 0 Å². The lowest BCUT2D eigenvalue weighted by molar-refractivity contribution is -0.130. The second-order valence-corrected chi connectivity index (χ2v) is 5.96. The van der Waals surface area contributed by atoms with Gasteiger partial charge in [0, 0.05) is 7.05 Å². The van der Waals surface area contributed by atoms with Crippen LogP contribution < -0.4 is 27.8 Å².